The van der Waals surface area contributed by atoms with Crippen molar-refractivity contribution in [3.8, 4) is 0 Å². The van der Waals surface area contributed by atoms with Crippen LogP contribution in [0.15, 0.2) is 4.90 Å². The monoisotopic (exact) mass is 314 g/mol. The van der Waals surface area contributed by atoms with E-state index in [9.17, 15) is 8.42 Å². The third-order valence-corrected chi connectivity index (χ3v) is 6.65. The predicted molar refractivity (Wildman–Crippen MR) is 83.3 cm³/mol. The molecule has 1 fully saturated rings. The average Bonchev–Trinajstić information content (AvgIpc) is 2.62. The summed E-state index contributed by atoms with van der Waals surface area (Å²) in [5, 5.41) is 4.01. The number of hydrogen-bond donors (Lipinski definition) is 1. The standard InChI is InChI=1S/C14H26N4O2S/c1-10-12(13(15)16-17(10)5)21(19,20)18-8-6-11(7-9-18)14(2,3)4/h11H,6-9H2,1-5H3,(H2,15,16). The summed E-state index contributed by atoms with van der Waals surface area (Å²) < 4.78 is 28.7. The molecule has 7 heteroatoms. The number of anilines is 1. The van der Waals surface area contributed by atoms with Gasteiger partial charge in [-0.1, -0.05) is 20.8 Å². The van der Waals surface area contributed by atoms with Crippen LogP contribution in [0.1, 0.15) is 39.3 Å². The molecule has 1 aliphatic rings. The van der Waals surface area contributed by atoms with E-state index in [0.717, 1.165) is 12.8 Å². The Morgan fingerprint density at radius 1 is 1.24 bits per heavy atom. The van der Waals surface area contributed by atoms with Gasteiger partial charge in [-0.2, -0.15) is 9.40 Å². The number of nitrogens with two attached hydrogens (primary N) is 1. The van der Waals surface area contributed by atoms with Gasteiger partial charge in [0.05, 0.1) is 5.69 Å². The zero-order valence-corrected chi connectivity index (χ0v) is 14.4. The lowest BCUT2D eigenvalue weighted by molar-refractivity contribution is 0.154. The van der Waals surface area contributed by atoms with Crippen LogP contribution in [0.3, 0.4) is 0 Å². The van der Waals surface area contributed by atoms with E-state index in [1.807, 2.05) is 0 Å². The van der Waals surface area contributed by atoms with E-state index in [0.29, 0.717) is 24.7 Å². The first-order chi connectivity index (χ1) is 9.55. The van der Waals surface area contributed by atoms with Gasteiger partial charge in [-0.25, -0.2) is 8.42 Å². The number of piperidine rings is 1. The minimum Gasteiger partial charge on any atom is -0.381 e. The van der Waals surface area contributed by atoms with E-state index in [1.165, 1.54) is 4.68 Å². The van der Waals surface area contributed by atoms with E-state index >= 15 is 0 Å². The number of nitrogens with zero attached hydrogens (tertiary/aromatic N) is 3. The molecule has 0 aliphatic carbocycles. The Hall–Kier alpha value is -1.08. The van der Waals surface area contributed by atoms with Crippen LogP contribution in [0.25, 0.3) is 0 Å². The first-order valence-corrected chi connectivity index (χ1v) is 8.78. The summed E-state index contributed by atoms with van der Waals surface area (Å²) >= 11 is 0. The highest BCUT2D eigenvalue weighted by Gasteiger charge is 2.36. The van der Waals surface area contributed by atoms with Crippen molar-refractivity contribution in [1.82, 2.24) is 14.1 Å². The van der Waals surface area contributed by atoms with Crippen molar-refractivity contribution in [1.29, 1.82) is 0 Å². The Morgan fingerprint density at radius 3 is 2.14 bits per heavy atom. The van der Waals surface area contributed by atoms with E-state index in [1.54, 1.807) is 18.3 Å². The molecule has 1 saturated heterocycles. The van der Waals surface area contributed by atoms with Gasteiger partial charge in [-0.3, -0.25) is 4.68 Å². The summed E-state index contributed by atoms with van der Waals surface area (Å²) in [4.78, 5) is 0.166. The van der Waals surface area contributed by atoms with Crippen molar-refractivity contribution in [2.75, 3.05) is 18.8 Å². The van der Waals surface area contributed by atoms with Gasteiger partial charge in [-0.15, -0.1) is 0 Å². The van der Waals surface area contributed by atoms with Gasteiger partial charge in [0.1, 0.15) is 4.90 Å². The molecule has 0 aromatic carbocycles. The van der Waals surface area contributed by atoms with Crippen molar-refractivity contribution in [2.24, 2.45) is 18.4 Å². The third-order valence-electron chi connectivity index (χ3n) is 4.58. The summed E-state index contributed by atoms with van der Waals surface area (Å²) in [6, 6.07) is 0. The van der Waals surface area contributed by atoms with Crippen LogP contribution in [-0.2, 0) is 17.1 Å². The molecule has 1 aromatic rings. The number of aromatic nitrogens is 2. The molecule has 120 valence electrons. The molecule has 6 nitrogen and oxygen atoms in total. The van der Waals surface area contributed by atoms with Crippen molar-refractivity contribution in [3.05, 3.63) is 5.69 Å². The largest absolute Gasteiger partial charge is 0.381 e. The molecule has 2 N–H and O–H groups in total. The van der Waals surface area contributed by atoms with Crippen molar-refractivity contribution < 1.29 is 8.42 Å². The second-order valence-electron chi connectivity index (χ2n) is 6.97. The Kier molecular flexibility index (Phi) is 4.10. The van der Waals surface area contributed by atoms with Gasteiger partial charge in [0.15, 0.2) is 5.82 Å². The molecule has 21 heavy (non-hydrogen) atoms. The highest BCUT2D eigenvalue weighted by Crippen LogP contribution is 2.36. The summed E-state index contributed by atoms with van der Waals surface area (Å²) in [5.74, 6) is 0.643. The zero-order chi connectivity index (χ0) is 16.0. The fourth-order valence-corrected chi connectivity index (χ4v) is 4.78. The molecule has 0 atom stereocenters. The Bertz CT molecular complexity index is 620. The highest BCUT2D eigenvalue weighted by atomic mass is 32.2. The third kappa shape index (κ3) is 2.94. The second kappa shape index (κ2) is 5.28. The molecule has 1 aliphatic heterocycles. The summed E-state index contributed by atoms with van der Waals surface area (Å²) in [6.45, 7) is 9.48. The second-order valence-corrected chi connectivity index (χ2v) is 8.84. The minimum atomic E-state index is -3.55. The molecule has 0 saturated carbocycles. The molecule has 2 heterocycles. The van der Waals surface area contributed by atoms with Crippen LogP contribution in [0.2, 0.25) is 0 Å². The molecule has 0 spiro atoms. The fraction of sp³-hybridized carbons (Fsp3) is 0.786. The van der Waals surface area contributed by atoms with Crippen LogP contribution in [0.5, 0.6) is 0 Å². The molecular weight excluding hydrogens is 288 g/mol. The van der Waals surface area contributed by atoms with Crippen molar-refractivity contribution in [3.63, 3.8) is 0 Å². The lowest BCUT2D eigenvalue weighted by Crippen LogP contribution is -2.41. The maximum atomic E-state index is 12.8. The van der Waals surface area contributed by atoms with E-state index < -0.39 is 10.0 Å². The topological polar surface area (TPSA) is 81.2 Å². The molecule has 1 aromatic heterocycles. The maximum absolute atomic E-state index is 12.8. The summed E-state index contributed by atoms with van der Waals surface area (Å²) in [6.07, 6.45) is 1.78. The first kappa shape index (κ1) is 16.3. The van der Waals surface area contributed by atoms with Crippen LogP contribution in [0.4, 0.5) is 5.82 Å². The van der Waals surface area contributed by atoms with E-state index in [4.69, 9.17) is 5.73 Å². The SMILES string of the molecule is Cc1c(S(=O)(=O)N2CCC(C(C)(C)C)CC2)c(N)nn1C. The van der Waals surface area contributed by atoms with Crippen LogP contribution in [0, 0.1) is 18.3 Å². The van der Waals surface area contributed by atoms with Gasteiger partial charge < -0.3 is 5.73 Å². The van der Waals surface area contributed by atoms with Crippen LogP contribution in [-0.4, -0.2) is 35.6 Å². The minimum absolute atomic E-state index is 0.0907. The van der Waals surface area contributed by atoms with Crippen LogP contribution >= 0.6 is 0 Å². The number of nitrogen functional groups attached to an aromatic ring is 1. The number of sulfonamides is 1. The summed E-state index contributed by atoms with van der Waals surface area (Å²) in [5.41, 5.74) is 6.60. The Balaban J connectivity index is 2.23. The van der Waals surface area contributed by atoms with Gasteiger partial charge in [-0.05, 0) is 31.1 Å². The van der Waals surface area contributed by atoms with Gasteiger partial charge in [0.2, 0.25) is 10.0 Å². The normalized spacial score (nSPS) is 19.1. The molecule has 0 unspecified atom stereocenters. The maximum Gasteiger partial charge on any atom is 0.248 e. The quantitative estimate of drug-likeness (QED) is 0.902. The van der Waals surface area contributed by atoms with Crippen molar-refractivity contribution >= 4 is 15.8 Å². The Morgan fingerprint density at radius 2 is 1.76 bits per heavy atom. The molecule has 2 rings (SSSR count). The number of hydrogen-bond acceptors (Lipinski definition) is 4. The highest BCUT2D eigenvalue weighted by molar-refractivity contribution is 7.89. The predicted octanol–water partition coefficient (Wildman–Crippen LogP) is 1.76. The van der Waals surface area contributed by atoms with Gasteiger partial charge >= 0.3 is 0 Å². The lowest BCUT2D eigenvalue weighted by atomic mass is 9.76. The summed E-state index contributed by atoms with van der Waals surface area (Å²) in [7, 11) is -1.84. The van der Waals surface area contributed by atoms with E-state index in [2.05, 4.69) is 25.9 Å². The Labute approximate surface area is 127 Å². The zero-order valence-electron chi connectivity index (χ0n) is 13.5. The number of rotatable bonds is 2. The molecule has 0 radical (unpaired) electrons. The van der Waals surface area contributed by atoms with Crippen molar-refractivity contribution in [2.45, 2.75) is 45.4 Å². The van der Waals surface area contributed by atoms with E-state index in [-0.39, 0.29) is 16.1 Å². The molecular formula is C14H26N4O2S. The lowest BCUT2D eigenvalue weighted by Gasteiger charge is -2.38. The molecule has 0 amide bonds. The first-order valence-electron chi connectivity index (χ1n) is 7.34. The van der Waals surface area contributed by atoms with Gasteiger partial charge in [0.25, 0.3) is 0 Å². The number of aryl methyl sites for hydroxylation is 1. The smallest absolute Gasteiger partial charge is 0.248 e. The van der Waals surface area contributed by atoms with Crippen LogP contribution < -0.4 is 5.73 Å². The fourth-order valence-electron chi connectivity index (χ4n) is 3.02. The van der Waals surface area contributed by atoms with Gasteiger partial charge in [0, 0.05) is 20.1 Å². The average molecular weight is 314 g/mol. The molecule has 0 bridgehead atoms.